The summed E-state index contributed by atoms with van der Waals surface area (Å²) >= 11 is 0. The van der Waals surface area contributed by atoms with Crippen LogP contribution < -0.4 is 4.98 Å². The maximum Gasteiger partial charge on any atom is 0.119 e. The summed E-state index contributed by atoms with van der Waals surface area (Å²) in [6.07, 6.45) is 1.36. The molecule has 0 aliphatic carbocycles. The second kappa shape index (κ2) is 4.08. The Balaban J connectivity index is 2.42. The van der Waals surface area contributed by atoms with Gasteiger partial charge >= 0.3 is 0 Å². The average Bonchev–Trinajstić information content (AvgIpc) is 2.29. The van der Waals surface area contributed by atoms with Gasteiger partial charge in [-0.3, -0.25) is 0 Å². The number of hydrogen-bond donors (Lipinski definition) is 1. The highest BCUT2D eigenvalue weighted by molar-refractivity contribution is 6.74. The monoisotopic (exact) mass is 230 g/mol. The molecule has 1 saturated heterocycles. The topological polar surface area (TPSA) is 15.3 Å². The molecule has 84 valence electrons. The van der Waals surface area contributed by atoms with Crippen LogP contribution in [-0.4, -0.2) is 40.2 Å². The Kier molecular flexibility index (Phi) is 3.62. The van der Waals surface area contributed by atoms with Crippen molar-refractivity contribution in [1.82, 2.24) is 9.55 Å². The van der Waals surface area contributed by atoms with Crippen molar-refractivity contribution in [2.45, 2.75) is 51.7 Å². The first-order valence-electron chi connectivity index (χ1n) is 5.71. The smallest absolute Gasteiger partial charge is 0.119 e. The number of rotatable bonds is 3. The summed E-state index contributed by atoms with van der Waals surface area (Å²) in [6, 6.07) is 0.772. The molecule has 1 unspecified atom stereocenters. The molecule has 0 aromatic carbocycles. The molecule has 0 spiro atoms. The standard InChI is InChI=1S/C10H26N2Si2/c1-13(2,3)11-10-7-8-12(9-10)14(4,5)6/h10-11H,7-9H2,1-6H3. The van der Waals surface area contributed by atoms with Gasteiger partial charge in [0.2, 0.25) is 0 Å². The van der Waals surface area contributed by atoms with E-state index in [1.165, 1.54) is 19.5 Å². The van der Waals surface area contributed by atoms with Crippen molar-refractivity contribution in [3.8, 4) is 0 Å². The molecule has 1 atom stereocenters. The minimum atomic E-state index is -1.07. The van der Waals surface area contributed by atoms with E-state index in [2.05, 4.69) is 48.8 Å². The van der Waals surface area contributed by atoms with Crippen LogP contribution in [0.5, 0.6) is 0 Å². The van der Waals surface area contributed by atoms with Crippen molar-refractivity contribution in [2.75, 3.05) is 13.1 Å². The number of nitrogens with one attached hydrogen (secondary N) is 1. The molecule has 0 saturated carbocycles. The Morgan fingerprint density at radius 3 is 2.00 bits per heavy atom. The summed E-state index contributed by atoms with van der Waals surface area (Å²) in [7, 11) is -2.10. The lowest BCUT2D eigenvalue weighted by atomic mass is 10.3. The summed E-state index contributed by atoms with van der Waals surface area (Å²) in [5.74, 6) is 0. The van der Waals surface area contributed by atoms with Crippen molar-refractivity contribution in [3.05, 3.63) is 0 Å². The zero-order valence-electron chi connectivity index (χ0n) is 10.6. The van der Waals surface area contributed by atoms with Gasteiger partial charge in [0.05, 0.1) is 0 Å². The first kappa shape index (κ1) is 12.4. The van der Waals surface area contributed by atoms with Crippen LogP contribution in [0.2, 0.25) is 39.3 Å². The quantitative estimate of drug-likeness (QED) is 0.749. The van der Waals surface area contributed by atoms with Gasteiger partial charge in [0.25, 0.3) is 0 Å². The van der Waals surface area contributed by atoms with Gasteiger partial charge in [0.15, 0.2) is 0 Å². The Labute approximate surface area is 91.2 Å². The summed E-state index contributed by atoms with van der Waals surface area (Å²) in [5, 5.41) is 0. The van der Waals surface area contributed by atoms with Gasteiger partial charge in [0.1, 0.15) is 16.5 Å². The molecule has 1 fully saturated rings. The van der Waals surface area contributed by atoms with E-state index in [-0.39, 0.29) is 0 Å². The lowest BCUT2D eigenvalue weighted by Crippen LogP contribution is -2.51. The minimum Gasteiger partial charge on any atom is -0.334 e. The van der Waals surface area contributed by atoms with Crippen LogP contribution in [0.25, 0.3) is 0 Å². The average molecular weight is 231 g/mol. The molecule has 4 heteroatoms. The van der Waals surface area contributed by atoms with Crippen LogP contribution >= 0.6 is 0 Å². The predicted molar refractivity (Wildman–Crippen MR) is 69.8 cm³/mol. The van der Waals surface area contributed by atoms with Crippen LogP contribution in [0.3, 0.4) is 0 Å². The molecule has 1 aliphatic heterocycles. The molecule has 1 rings (SSSR count). The van der Waals surface area contributed by atoms with Gasteiger partial charge in [0, 0.05) is 12.6 Å². The van der Waals surface area contributed by atoms with Gasteiger partial charge in [-0.25, -0.2) is 0 Å². The van der Waals surface area contributed by atoms with E-state index >= 15 is 0 Å². The highest BCUT2D eigenvalue weighted by atomic mass is 28.3. The first-order valence-corrected chi connectivity index (χ1v) is 12.7. The van der Waals surface area contributed by atoms with Crippen LogP contribution in [0.4, 0.5) is 0 Å². The molecular weight excluding hydrogens is 204 g/mol. The Bertz CT molecular complexity index is 193. The minimum absolute atomic E-state index is 0.772. The SMILES string of the molecule is C[Si](C)(C)NC1CCN([Si](C)(C)C)C1. The van der Waals surface area contributed by atoms with E-state index in [1.54, 1.807) is 0 Å². The van der Waals surface area contributed by atoms with E-state index in [1.807, 2.05) is 0 Å². The van der Waals surface area contributed by atoms with Crippen molar-refractivity contribution in [2.24, 2.45) is 0 Å². The van der Waals surface area contributed by atoms with Crippen LogP contribution in [0.1, 0.15) is 6.42 Å². The molecule has 14 heavy (non-hydrogen) atoms. The maximum absolute atomic E-state index is 3.84. The Morgan fingerprint density at radius 1 is 1.07 bits per heavy atom. The third kappa shape index (κ3) is 3.84. The van der Waals surface area contributed by atoms with E-state index in [0.717, 1.165) is 6.04 Å². The zero-order chi connectivity index (χ0) is 11.0. The predicted octanol–water partition coefficient (Wildman–Crippen LogP) is 2.32. The molecule has 1 N–H and O–H groups in total. The summed E-state index contributed by atoms with van der Waals surface area (Å²) < 4.78 is 2.73. The third-order valence-electron chi connectivity index (χ3n) is 2.77. The fourth-order valence-corrected chi connectivity index (χ4v) is 5.13. The zero-order valence-corrected chi connectivity index (χ0v) is 12.6. The molecule has 0 bridgehead atoms. The maximum atomic E-state index is 3.84. The second-order valence-electron chi connectivity index (χ2n) is 6.50. The molecule has 2 nitrogen and oxygen atoms in total. The van der Waals surface area contributed by atoms with E-state index in [0.29, 0.717) is 0 Å². The fourth-order valence-electron chi connectivity index (χ4n) is 2.10. The van der Waals surface area contributed by atoms with Gasteiger partial charge in [-0.1, -0.05) is 39.3 Å². The Hall–Kier alpha value is 0.354. The molecule has 0 radical (unpaired) electrons. The van der Waals surface area contributed by atoms with Gasteiger partial charge < -0.3 is 9.55 Å². The second-order valence-corrected chi connectivity index (χ2v) is 16.3. The van der Waals surface area contributed by atoms with Crippen LogP contribution in [-0.2, 0) is 0 Å². The molecule has 0 aromatic heterocycles. The van der Waals surface area contributed by atoms with Gasteiger partial charge in [-0.05, 0) is 13.0 Å². The lowest BCUT2D eigenvalue weighted by molar-refractivity contribution is 0.506. The van der Waals surface area contributed by atoms with Crippen molar-refractivity contribution >= 4 is 16.5 Å². The van der Waals surface area contributed by atoms with Crippen LogP contribution in [0, 0.1) is 0 Å². The molecule has 0 amide bonds. The van der Waals surface area contributed by atoms with Crippen molar-refractivity contribution in [1.29, 1.82) is 0 Å². The molecular formula is C10H26N2Si2. The lowest BCUT2D eigenvalue weighted by Gasteiger charge is -2.30. The van der Waals surface area contributed by atoms with Crippen molar-refractivity contribution < 1.29 is 0 Å². The third-order valence-corrected chi connectivity index (χ3v) is 6.35. The van der Waals surface area contributed by atoms with E-state index < -0.39 is 16.5 Å². The largest absolute Gasteiger partial charge is 0.334 e. The number of hydrogen-bond acceptors (Lipinski definition) is 2. The fraction of sp³-hybridized carbons (Fsp3) is 1.00. The van der Waals surface area contributed by atoms with Crippen molar-refractivity contribution in [3.63, 3.8) is 0 Å². The number of nitrogens with zero attached hydrogens (tertiary/aromatic N) is 1. The normalized spacial score (nSPS) is 25.7. The van der Waals surface area contributed by atoms with Gasteiger partial charge in [-0.2, -0.15) is 0 Å². The molecule has 0 aromatic rings. The summed E-state index contributed by atoms with van der Waals surface area (Å²) in [5.41, 5.74) is 0. The first-order chi connectivity index (χ1) is 6.18. The van der Waals surface area contributed by atoms with E-state index in [4.69, 9.17) is 0 Å². The highest BCUT2D eigenvalue weighted by Gasteiger charge is 2.32. The van der Waals surface area contributed by atoms with E-state index in [9.17, 15) is 0 Å². The molecule has 1 heterocycles. The molecule has 1 aliphatic rings. The summed E-state index contributed by atoms with van der Waals surface area (Å²) in [4.78, 5) is 3.84. The Morgan fingerprint density at radius 2 is 1.64 bits per heavy atom. The van der Waals surface area contributed by atoms with Gasteiger partial charge in [-0.15, -0.1) is 0 Å². The summed E-state index contributed by atoms with van der Waals surface area (Å²) in [6.45, 7) is 17.1. The highest BCUT2D eigenvalue weighted by Crippen LogP contribution is 2.18. The van der Waals surface area contributed by atoms with Crippen LogP contribution in [0.15, 0.2) is 0 Å².